The molecule has 1 spiro atoms. The van der Waals surface area contributed by atoms with Crippen LogP contribution in [0.1, 0.15) is 38.5 Å². The zero-order valence-corrected chi connectivity index (χ0v) is 10.4. The average molecular weight is 231 g/mol. The van der Waals surface area contributed by atoms with E-state index in [2.05, 4.69) is 16.0 Å². The van der Waals surface area contributed by atoms with Crippen molar-refractivity contribution >= 4 is 11.5 Å². The Kier molecular flexibility index (Phi) is 2.69. The molecule has 3 heteroatoms. The van der Waals surface area contributed by atoms with Crippen molar-refractivity contribution in [3.63, 3.8) is 0 Å². The summed E-state index contributed by atoms with van der Waals surface area (Å²) >= 11 is 0. The lowest BCUT2D eigenvalue weighted by molar-refractivity contribution is 0.219. The van der Waals surface area contributed by atoms with E-state index in [0.717, 1.165) is 0 Å². The van der Waals surface area contributed by atoms with Crippen molar-refractivity contribution in [3.05, 3.63) is 18.3 Å². The fourth-order valence-electron chi connectivity index (χ4n) is 3.45. The minimum atomic E-state index is 0.611. The summed E-state index contributed by atoms with van der Waals surface area (Å²) in [5.74, 6) is 0.611. The lowest BCUT2D eigenvalue weighted by Crippen LogP contribution is -2.29. The molecule has 92 valence electrons. The predicted octanol–water partition coefficient (Wildman–Crippen LogP) is 2.82. The van der Waals surface area contributed by atoms with Crippen LogP contribution < -0.4 is 10.6 Å². The van der Waals surface area contributed by atoms with Gasteiger partial charge in [0.25, 0.3) is 0 Å². The third-order valence-corrected chi connectivity index (χ3v) is 4.49. The van der Waals surface area contributed by atoms with Crippen LogP contribution in [0.25, 0.3) is 0 Å². The number of nitrogen functional groups attached to an aromatic ring is 1. The normalized spacial score (nSPS) is 23.2. The second-order valence-corrected chi connectivity index (χ2v) is 5.67. The van der Waals surface area contributed by atoms with Crippen LogP contribution in [0.3, 0.4) is 0 Å². The first-order chi connectivity index (χ1) is 8.27. The van der Waals surface area contributed by atoms with E-state index >= 15 is 0 Å². The summed E-state index contributed by atoms with van der Waals surface area (Å²) in [5.41, 5.74) is 7.48. The van der Waals surface area contributed by atoms with Crippen LogP contribution in [-0.4, -0.2) is 18.1 Å². The second-order valence-electron chi connectivity index (χ2n) is 5.67. The molecule has 0 radical (unpaired) electrons. The van der Waals surface area contributed by atoms with Gasteiger partial charge in [-0.3, -0.25) is 0 Å². The molecule has 0 amide bonds. The molecule has 1 saturated carbocycles. The highest BCUT2D eigenvalue weighted by atomic mass is 15.2. The monoisotopic (exact) mass is 231 g/mol. The number of pyridine rings is 1. The molecule has 1 saturated heterocycles. The largest absolute Gasteiger partial charge is 0.384 e. The van der Waals surface area contributed by atoms with Gasteiger partial charge in [-0.15, -0.1) is 0 Å². The molecule has 0 atom stereocenters. The molecule has 2 N–H and O–H groups in total. The number of hydrogen-bond donors (Lipinski definition) is 1. The molecular weight excluding hydrogens is 210 g/mol. The third-order valence-electron chi connectivity index (χ3n) is 4.49. The van der Waals surface area contributed by atoms with Gasteiger partial charge in [0, 0.05) is 13.1 Å². The molecule has 0 unspecified atom stereocenters. The van der Waals surface area contributed by atoms with E-state index in [1.54, 1.807) is 0 Å². The first-order valence-corrected chi connectivity index (χ1v) is 6.74. The summed E-state index contributed by atoms with van der Waals surface area (Å²) in [6.45, 7) is 2.41. The van der Waals surface area contributed by atoms with E-state index in [-0.39, 0.29) is 0 Å². The zero-order chi connectivity index (χ0) is 11.7. The van der Waals surface area contributed by atoms with Gasteiger partial charge in [0.05, 0.1) is 11.9 Å². The summed E-state index contributed by atoms with van der Waals surface area (Å²) in [4.78, 5) is 6.68. The molecule has 2 heterocycles. The Hall–Kier alpha value is -1.25. The molecule has 3 rings (SSSR count). The summed E-state index contributed by atoms with van der Waals surface area (Å²) in [5, 5.41) is 0. The van der Waals surface area contributed by atoms with Crippen molar-refractivity contribution in [1.82, 2.24) is 4.98 Å². The van der Waals surface area contributed by atoms with Crippen molar-refractivity contribution in [3.8, 4) is 0 Å². The topological polar surface area (TPSA) is 42.1 Å². The highest BCUT2D eigenvalue weighted by molar-refractivity contribution is 5.49. The first-order valence-electron chi connectivity index (χ1n) is 6.74. The number of hydrogen-bond acceptors (Lipinski definition) is 3. The zero-order valence-electron chi connectivity index (χ0n) is 10.4. The van der Waals surface area contributed by atoms with Crippen LogP contribution >= 0.6 is 0 Å². The first kappa shape index (κ1) is 10.9. The van der Waals surface area contributed by atoms with E-state index in [1.165, 1.54) is 57.3 Å². The van der Waals surface area contributed by atoms with E-state index in [0.29, 0.717) is 11.2 Å². The maximum Gasteiger partial charge on any atom is 0.123 e. The summed E-state index contributed by atoms with van der Waals surface area (Å²) < 4.78 is 0. The minimum absolute atomic E-state index is 0.611. The maximum atomic E-state index is 5.63. The summed E-state index contributed by atoms with van der Waals surface area (Å²) in [6.07, 6.45) is 10.4. The van der Waals surface area contributed by atoms with Crippen molar-refractivity contribution < 1.29 is 0 Å². The Morgan fingerprint density at radius 1 is 1.12 bits per heavy atom. The molecule has 1 aromatic rings. The third kappa shape index (κ3) is 2.11. The quantitative estimate of drug-likeness (QED) is 0.808. The van der Waals surface area contributed by atoms with E-state index in [4.69, 9.17) is 5.73 Å². The van der Waals surface area contributed by atoms with Crippen molar-refractivity contribution in [2.24, 2.45) is 5.41 Å². The molecule has 0 bridgehead atoms. The molecular formula is C14H21N3. The molecule has 2 aliphatic rings. The number of nitrogens with two attached hydrogens (primary N) is 1. The number of anilines is 2. The molecule has 1 aromatic heterocycles. The van der Waals surface area contributed by atoms with Crippen LogP contribution in [0.5, 0.6) is 0 Å². The van der Waals surface area contributed by atoms with Crippen LogP contribution in [0, 0.1) is 5.41 Å². The van der Waals surface area contributed by atoms with Gasteiger partial charge in [0.2, 0.25) is 0 Å². The molecule has 0 aromatic carbocycles. The summed E-state index contributed by atoms with van der Waals surface area (Å²) in [7, 11) is 0. The van der Waals surface area contributed by atoms with Gasteiger partial charge >= 0.3 is 0 Å². The van der Waals surface area contributed by atoms with Crippen molar-refractivity contribution in [2.45, 2.75) is 38.5 Å². The maximum absolute atomic E-state index is 5.63. The van der Waals surface area contributed by atoms with Crippen molar-refractivity contribution in [1.29, 1.82) is 0 Å². The Bertz CT molecular complexity index is 379. The van der Waals surface area contributed by atoms with Gasteiger partial charge in [-0.1, -0.05) is 19.3 Å². The van der Waals surface area contributed by atoms with Gasteiger partial charge in [-0.2, -0.15) is 0 Å². The molecule has 1 aliphatic carbocycles. The SMILES string of the molecule is Nc1ccc(N2CCC3(CCCCC3)C2)cn1. The Balaban J connectivity index is 1.72. The average Bonchev–Trinajstić information content (AvgIpc) is 2.75. The van der Waals surface area contributed by atoms with Crippen LogP contribution in [0.15, 0.2) is 18.3 Å². The number of aromatic nitrogens is 1. The fourth-order valence-corrected chi connectivity index (χ4v) is 3.45. The fraction of sp³-hybridized carbons (Fsp3) is 0.643. The summed E-state index contributed by atoms with van der Waals surface area (Å²) in [6, 6.07) is 4.01. The molecule has 3 nitrogen and oxygen atoms in total. The van der Waals surface area contributed by atoms with E-state index in [1.807, 2.05) is 12.3 Å². The van der Waals surface area contributed by atoms with Gasteiger partial charge in [-0.25, -0.2) is 4.98 Å². The van der Waals surface area contributed by atoms with Gasteiger partial charge < -0.3 is 10.6 Å². The van der Waals surface area contributed by atoms with Crippen LogP contribution in [0.2, 0.25) is 0 Å². The van der Waals surface area contributed by atoms with Crippen LogP contribution in [0.4, 0.5) is 11.5 Å². The van der Waals surface area contributed by atoms with Crippen molar-refractivity contribution in [2.75, 3.05) is 23.7 Å². The highest BCUT2D eigenvalue weighted by Crippen LogP contribution is 2.44. The Morgan fingerprint density at radius 3 is 2.65 bits per heavy atom. The number of nitrogens with zero attached hydrogens (tertiary/aromatic N) is 2. The molecule has 2 fully saturated rings. The molecule has 17 heavy (non-hydrogen) atoms. The standard InChI is InChI=1S/C14H21N3/c15-13-5-4-12(10-16-13)17-9-8-14(11-17)6-2-1-3-7-14/h4-5,10H,1-3,6-9,11H2,(H2,15,16). The Morgan fingerprint density at radius 2 is 1.94 bits per heavy atom. The molecule has 1 aliphatic heterocycles. The number of rotatable bonds is 1. The van der Waals surface area contributed by atoms with Gasteiger partial charge in [0.15, 0.2) is 0 Å². The van der Waals surface area contributed by atoms with E-state index < -0.39 is 0 Å². The Labute approximate surface area is 103 Å². The van der Waals surface area contributed by atoms with E-state index in [9.17, 15) is 0 Å². The second kappa shape index (κ2) is 4.21. The van der Waals surface area contributed by atoms with Gasteiger partial charge in [0.1, 0.15) is 5.82 Å². The minimum Gasteiger partial charge on any atom is -0.384 e. The predicted molar refractivity (Wildman–Crippen MR) is 71.0 cm³/mol. The lowest BCUT2D eigenvalue weighted by atomic mass is 9.73. The van der Waals surface area contributed by atoms with Gasteiger partial charge in [-0.05, 0) is 36.8 Å². The highest BCUT2D eigenvalue weighted by Gasteiger charge is 2.38. The van der Waals surface area contributed by atoms with Crippen LogP contribution in [-0.2, 0) is 0 Å². The smallest absolute Gasteiger partial charge is 0.123 e. The lowest BCUT2D eigenvalue weighted by Gasteiger charge is -2.33.